The molecule has 14 heavy (non-hydrogen) atoms. The summed E-state index contributed by atoms with van der Waals surface area (Å²) in [5.41, 5.74) is 5.50. The molecule has 1 fully saturated rings. The zero-order chi connectivity index (χ0) is 9.97. The van der Waals surface area contributed by atoms with E-state index < -0.39 is 0 Å². The van der Waals surface area contributed by atoms with Crippen LogP contribution in [0.25, 0.3) is 0 Å². The zero-order valence-electron chi connectivity index (χ0n) is 8.48. The van der Waals surface area contributed by atoms with Crippen molar-refractivity contribution in [2.75, 3.05) is 17.2 Å². The second-order valence-electron chi connectivity index (χ2n) is 3.70. The smallest absolute Gasteiger partial charge is 0.147 e. The van der Waals surface area contributed by atoms with Crippen LogP contribution in [0.3, 0.4) is 0 Å². The summed E-state index contributed by atoms with van der Waals surface area (Å²) in [6.45, 7) is 3.31. The molecule has 1 aliphatic rings. The Labute approximate surface area is 84.2 Å². The summed E-state index contributed by atoms with van der Waals surface area (Å²) in [6.07, 6.45) is 7.09. The average Bonchev–Trinajstić information content (AvgIpc) is 2.67. The molecule has 1 saturated heterocycles. The van der Waals surface area contributed by atoms with Crippen molar-refractivity contribution in [3.63, 3.8) is 0 Å². The third-order valence-electron chi connectivity index (χ3n) is 2.80. The normalized spacial score (nSPS) is 21.5. The lowest BCUT2D eigenvalue weighted by molar-refractivity contribution is 0.640. The van der Waals surface area contributed by atoms with Gasteiger partial charge >= 0.3 is 0 Å². The topological polar surface area (TPSA) is 55.0 Å². The molecule has 0 amide bonds. The van der Waals surface area contributed by atoms with Gasteiger partial charge in [-0.1, -0.05) is 6.92 Å². The molecule has 4 nitrogen and oxygen atoms in total. The number of nitrogens with zero attached hydrogens (tertiary/aromatic N) is 3. The van der Waals surface area contributed by atoms with E-state index >= 15 is 0 Å². The highest BCUT2D eigenvalue weighted by atomic mass is 15.2. The molecule has 1 unspecified atom stereocenters. The van der Waals surface area contributed by atoms with Gasteiger partial charge in [-0.2, -0.15) is 0 Å². The van der Waals surface area contributed by atoms with Gasteiger partial charge in [-0.05, 0) is 19.3 Å². The zero-order valence-corrected chi connectivity index (χ0v) is 8.48. The summed E-state index contributed by atoms with van der Waals surface area (Å²) in [5.74, 6) is 1.45. The molecule has 0 aliphatic carbocycles. The fourth-order valence-corrected chi connectivity index (χ4v) is 2.04. The van der Waals surface area contributed by atoms with Gasteiger partial charge in [0.1, 0.15) is 11.6 Å². The molecule has 1 aromatic rings. The monoisotopic (exact) mass is 192 g/mol. The standard InChI is InChI=1S/C10H16N4/c1-2-8-4-3-5-14(8)10-7-12-9(11)6-13-10/h6-8H,2-5H2,1H3,(H2,11,12). The Morgan fingerprint density at radius 3 is 3.00 bits per heavy atom. The number of anilines is 2. The van der Waals surface area contributed by atoms with Gasteiger partial charge in [-0.15, -0.1) is 0 Å². The van der Waals surface area contributed by atoms with E-state index in [1.165, 1.54) is 19.3 Å². The predicted octanol–water partition coefficient (Wildman–Crippen LogP) is 1.44. The van der Waals surface area contributed by atoms with E-state index in [1.807, 2.05) is 0 Å². The van der Waals surface area contributed by atoms with E-state index in [4.69, 9.17) is 5.73 Å². The van der Waals surface area contributed by atoms with Crippen molar-refractivity contribution in [2.24, 2.45) is 0 Å². The molecule has 2 heterocycles. The molecule has 0 saturated carbocycles. The van der Waals surface area contributed by atoms with Gasteiger partial charge < -0.3 is 10.6 Å². The lowest BCUT2D eigenvalue weighted by Gasteiger charge is -2.24. The maximum absolute atomic E-state index is 5.50. The number of hydrogen-bond donors (Lipinski definition) is 1. The van der Waals surface area contributed by atoms with Gasteiger partial charge in [0.15, 0.2) is 0 Å². The van der Waals surface area contributed by atoms with Gasteiger partial charge in [-0.25, -0.2) is 9.97 Å². The number of nitrogens with two attached hydrogens (primary N) is 1. The molecule has 2 rings (SSSR count). The largest absolute Gasteiger partial charge is 0.382 e. The Balaban J connectivity index is 2.17. The lowest BCUT2D eigenvalue weighted by atomic mass is 10.2. The Kier molecular flexibility index (Phi) is 2.52. The van der Waals surface area contributed by atoms with Gasteiger partial charge in [0.05, 0.1) is 12.4 Å². The molecule has 1 atom stereocenters. The molecule has 4 heteroatoms. The second kappa shape index (κ2) is 3.82. The van der Waals surface area contributed by atoms with Gasteiger partial charge in [0, 0.05) is 12.6 Å². The molecule has 0 bridgehead atoms. The van der Waals surface area contributed by atoms with Crippen LogP contribution in [0.2, 0.25) is 0 Å². The predicted molar refractivity (Wildman–Crippen MR) is 57.1 cm³/mol. The third kappa shape index (κ3) is 1.64. The van der Waals surface area contributed by atoms with E-state index in [9.17, 15) is 0 Å². The first-order valence-corrected chi connectivity index (χ1v) is 5.15. The van der Waals surface area contributed by atoms with Crippen molar-refractivity contribution in [3.05, 3.63) is 12.4 Å². The van der Waals surface area contributed by atoms with Crippen molar-refractivity contribution >= 4 is 11.6 Å². The van der Waals surface area contributed by atoms with Crippen LogP contribution in [-0.4, -0.2) is 22.6 Å². The van der Waals surface area contributed by atoms with Crippen molar-refractivity contribution in [3.8, 4) is 0 Å². The molecule has 1 aliphatic heterocycles. The van der Waals surface area contributed by atoms with E-state index in [1.54, 1.807) is 12.4 Å². The van der Waals surface area contributed by atoms with Gasteiger partial charge in [0.2, 0.25) is 0 Å². The van der Waals surface area contributed by atoms with Crippen LogP contribution in [0.15, 0.2) is 12.4 Å². The summed E-state index contributed by atoms with van der Waals surface area (Å²) in [4.78, 5) is 10.7. The van der Waals surface area contributed by atoms with Crippen LogP contribution < -0.4 is 10.6 Å². The van der Waals surface area contributed by atoms with E-state index in [0.29, 0.717) is 11.9 Å². The van der Waals surface area contributed by atoms with Crippen LogP contribution in [-0.2, 0) is 0 Å². The molecule has 0 aromatic carbocycles. The van der Waals surface area contributed by atoms with E-state index in [2.05, 4.69) is 21.8 Å². The lowest BCUT2D eigenvalue weighted by Crippen LogP contribution is -2.29. The number of rotatable bonds is 2. The Morgan fingerprint density at radius 1 is 1.50 bits per heavy atom. The second-order valence-corrected chi connectivity index (χ2v) is 3.70. The fourth-order valence-electron chi connectivity index (χ4n) is 2.04. The highest BCUT2D eigenvalue weighted by molar-refractivity contribution is 5.41. The number of aromatic nitrogens is 2. The first-order chi connectivity index (χ1) is 6.81. The molecule has 1 aromatic heterocycles. The highest BCUT2D eigenvalue weighted by Gasteiger charge is 2.23. The first-order valence-electron chi connectivity index (χ1n) is 5.15. The quantitative estimate of drug-likeness (QED) is 0.770. The minimum Gasteiger partial charge on any atom is -0.382 e. The van der Waals surface area contributed by atoms with E-state index in [-0.39, 0.29) is 0 Å². The maximum atomic E-state index is 5.50. The fraction of sp³-hybridized carbons (Fsp3) is 0.600. The van der Waals surface area contributed by atoms with Crippen molar-refractivity contribution in [2.45, 2.75) is 32.2 Å². The van der Waals surface area contributed by atoms with Crippen LogP contribution in [0.5, 0.6) is 0 Å². The average molecular weight is 192 g/mol. The van der Waals surface area contributed by atoms with Crippen molar-refractivity contribution < 1.29 is 0 Å². The number of nitrogen functional groups attached to an aromatic ring is 1. The summed E-state index contributed by atoms with van der Waals surface area (Å²) >= 11 is 0. The van der Waals surface area contributed by atoms with Crippen LogP contribution in [0.1, 0.15) is 26.2 Å². The summed E-state index contributed by atoms with van der Waals surface area (Å²) in [7, 11) is 0. The van der Waals surface area contributed by atoms with Crippen LogP contribution >= 0.6 is 0 Å². The van der Waals surface area contributed by atoms with Crippen LogP contribution in [0, 0.1) is 0 Å². The SMILES string of the molecule is CCC1CCCN1c1cnc(N)cn1. The van der Waals surface area contributed by atoms with Gasteiger partial charge in [-0.3, -0.25) is 0 Å². The maximum Gasteiger partial charge on any atom is 0.147 e. The Morgan fingerprint density at radius 2 is 2.36 bits per heavy atom. The molecule has 0 spiro atoms. The molecule has 76 valence electrons. The van der Waals surface area contributed by atoms with Crippen LogP contribution in [0.4, 0.5) is 11.6 Å². The summed E-state index contributed by atoms with van der Waals surface area (Å²) in [6, 6.07) is 0.632. The van der Waals surface area contributed by atoms with Crippen molar-refractivity contribution in [1.82, 2.24) is 9.97 Å². The molecule has 0 radical (unpaired) electrons. The Bertz CT molecular complexity index is 295. The van der Waals surface area contributed by atoms with Crippen molar-refractivity contribution in [1.29, 1.82) is 0 Å². The molecule has 2 N–H and O–H groups in total. The first kappa shape index (κ1) is 9.24. The molecular formula is C10H16N4. The third-order valence-corrected chi connectivity index (χ3v) is 2.80. The Hall–Kier alpha value is -1.32. The number of hydrogen-bond acceptors (Lipinski definition) is 4. The minimum atomic E-state index is 0.487. The summed E-state index contributed by atoms with van der Waals surface area (Å²) < 4.78 is 0. The molecular weight excluding hydrogens is 176 g/mol. The summed E-state index contributed by atoms with van der Waals surface area (Å²) in [5, 5.41) is 0. The van der Waals surface area contributed by atoms with E-state index in [0.717, 1.165) is 12.4 Å². The highest BCUT2D eigenvalue weighted by Crippen LogP contribution is 2.24. The minimum absolute atomic E-state index is 0.487. The van der Waals surface area contributed by atoms with Gasteiger partial charge in [0.25, 0.3) is 0 Å².